The Morgan fingerprint density at radius 2 is 1.86 bits per heavy atom. The topological polar surface area (TPSA) is 78.6 Å². The van der Waals surface area contributed by atoms with Gasteiger partial charge < -0.3 is 19.9 Å². The van der Waals surface area contributed by atoms with E-state index in [-0.39, 0.29) is 5.56 Å². The first kappa shape index (κ1) is 23.6. The molecular weight excluding hydrogens is 457 g/mol. The van der Waals surface area contributed by atoms with E-state index < -0.39 is 29.4 Å². The number of hydrogen-bond acceptors (Lipinski definition) is 6. The molecule has 0 aromatic heterocycles. The van der Waals surface area contributed by atoms with Gasteiger partial charge in [-0.15, -0.1) is 0 Å². The molecule has 1 unspecified atom stereocenters. The molecule has 7 nitrogen and oxygen atoms in total. The first-order valence-corrected chi connectivity index (χ1v) is 11.9. The van der Waals surface area contributed by atoms with Gasteiger partial charge >= 0.3 is 0 Å². The van der Waals surface area contributed by atoms with Gasteiger partial charge in [-0.25, -0.2) is 23.1 Å². The van der Waals surface area contributed by atoms with E-state index in [2.05, 4.69) is 29.7 Å². The van der Waals surface area contributed by atoms with Crippen molar-refractivity contribution in [2.45, 2.75) is 58.2 Å². The highest BCUT2D eigenvalue weighted by Crippen LogP contribution is 2.38. The first-order valence-electron chi connectivity index (χ1n) is 11.9. The summed E-state index contributed by atoms with van der Waals surface area (Å²) in [7, 11) is 0. The van der Waals surface area contributed by atoms with Gasteiger partial charge in [0.25, 0.3) is 6.43 Å². The minimum atomic E-state index is -2.90. The number of aliphatic hydroxyl groups is 1. The lowest BCUT2D eigenvalue weighted by Crippen LogP contribution is -2.43. The average molecular weight is 487 g/mol. The Bertz CT molecular complexity index is 1300. The maximum Gasteiger partial charge on any atom is 0.266 e. The second kappa shape index (κ2) is 8.82. The van der Waals surface area contributed by atoms with Crippen LogP contribution in [0.25, 0.3) is 11.4 Å². The molecule has 10 heteroatoms. The standard InChI is InChI=1S/C25H29F3N6O/c1-14(16-5-4-6-17(20(16)26)21(27)28)30-22-18-13-19(33-10-7-25(3,35)8-11-33)24-29-9-12-34(24)23(18)32-15(2)31-22/h4-6,13-14,21,29,35H,7-12H2,1-3H3. The summed E-state index contributed by atoms with van der Waals surface area (Å²) >= 11 is 0. The van der Waals surface area contributed by atoms with Crippen molar-refractivity contribution in [2.24, 2.45) is 4.99 Å². The largest absolute Gasteiger partial charge is 0.390 e. The van der Waals surface area contributed by atoms with Gasteiger partial charge in [0, 0.05) is 31.7 Å². The fourth-order valence-electron chi connectivity index (χ4n) is 4.91. The summed E-state index contributed by atoms with van der Waals surface area (Å²) in [5.74, 6) is 1.27. The molecule has 35 heavy (non-hydrogen) atoms. The highest BCUT2D eigenvalue weighted by atomic mass is 19.3. The predicted octanol–water partition coefficient (Wildman–Crippen LogP) is 4.21. The zero-order chi connectivity index (χ0) is 24.9. The van der Waals surface area contributed by atoms with E-state index in [9.17, 15) is 18.3 Å². The van der Waals surface area contributed by atoms with E-state index in [0.717, 1.165) is 36.5 Å². The van der Waals surface area contributed by atoms with Crippen LogP contribution in [0.3, 0.4) is 0 Å². The summed E-state index contributed by atoms with van der Waals surface area (Å²) in [6.45, 7) is 8.20. The second-order valence-electron chi connectivity index (χ2n) is 9.63. The van der Waals surface area contributed by atoms with Crippen LogP contribution in [0.15, 0.2) is 29.3 Å². The molecule has 0 radical (unpaired) electrons. The summed E-state index contributed by atoms with van der Waals surface area (Å²) in [5.41, 5.74) is 0.886. The number of pyridine rings is 1. The molecular formula is C25H29F3N6O. The number of aromatic nitrogens is 3. The van der Waals surface area contributed by atoms with Crippen molar-refractivity contribution in [2.75, 3.05) is 29.9 Å². The Kier molecular flexibility index (Phi) is 5.94. The van der Waals surface area contributed by atoms with E-state index >= 15 is 0 Å². The van der Waals surface area contributed by atoms with Gasteiger partial charge in [-0.05, 0) is 39.7 Å². The van der Waals surface area contributed by atoms with Gasteiger partial charge in [0.1, 0.15) is 23.3 Å². The average Bonchev–Trinajstić information content (AvgIpc) is 3.29. The van der Waals surface area contributed by atoms with Crippen LogP contribution >= 0.6 is 0 Å². The Morgan fingerprint density at radius 3 is 2.57 bits per heavy atom. The monoisotopic (exact) mass is 486 g/mol. The Labute approximate surface area is 201 Å². The number of aryl methyl sites for hydroxylation is 1. The molecule has 0 aliphatic carbocycles. The molecule has 1 atom stereocenters. The van der Waals surface area contributed by atoms with Crippen LogP contribution in [0.4, 0.5) is 24.7 Å². The number of anilines is 2. The third-order valence-electron chi connectivity index (χ3n) is 6.94. The lowest BCUT2D eigenvalue weighted by Gasteiger charge is -2.38. The Hall–Kier alpha value is -3.14. The zero-order valence-corrected chi connectivity index (χ0v) is 20.0. The molecule has 0 bridgehead atoms. The van der Waals surface area contributed by atoms with Gasteiger partial charge in [-0.1, -0.05) is 18.2 Å². The van der Waals surface area contributed by atoms with Crippen LogP contribution in [0, 0.1) is 12.7 Å². The van der Waals surface area contributed by atoms with Gasteiger partial charge in [0.15, 0.2) is 5.49 Å². The van der Waals surface area contributed by atoms with E-state index in [1.54, 1.807) is 13.8 Å². The number of alkyl halides is 2. The smallest absolute Gasteiger partial charge is 0.266 e. The molecule has 1 fully saturated rings. The quantitative estimate of drug-likeness (QED) is 0.578. The van der Waals surface area contributed by atoms with Crippen molar-refractivity contribution in [3.8, 4) is 11.4 Å². The lowest BCUT2D eigenvalue weighted by molar-refractivity contribution is 0.0351. The summed E-state index contributed by atoms with van der Waals surface area (Å²) in [5, 5.41) is 13.9. The van der Waals surface area contributed by atoms with Crippen LogP contribution in [-0.4, -0.2) is 44.9 Å². The maximum absolute atomic E-state index is 14.8. The minimum Gasteiger partial charge on any atom is -0.390 e. The van der Waals surface area contributed by atoms with Crippen molar-refractivity contribution < 1.29 is 18.3 Å². The van der Waals surface area contributed by atoms with Gasteiger partial charge in [-0.3, -0.25) is 4.99 Å². The summed E-state index contributed by atoms with van der Waals surface area (Å²) in [6.07, 6.45) is -1.59. The molecule has 4 aliphatic heterocycles. The van der Waals surface area contributed by atoms with Crippen LogP contribution in [0.2, 0.25) is 0 Å². The molecule has 1 aromatic carbocycles. The highest BCUT2D eigenvalue weighted by molar-refractivity contribution is 5.77. The predicted molar refractivity (Wildman–Crippen MR) is 127 cm³/mol. The summed E-state index contributed by atoms with van der Waals surface area (Å²) in [4.78, 5) is 16.1. The molecule has 4 heterocycles. The molecule has 0 amide bonds. The molecule has 0 spiro atoms. The van der Waals surface area contributed by atoms with Crippen molar-refractivity contribution in [3.05, 3.63) is 52.5 Å². The van der Waals surface area contributed by atoms with Gasteiger partial charge in [0.2, 0.25) is 0 Å². The van der Waals surface area contributed by atoms with Crippen molar-refractivity contribution >= 4 is 11.5 Å². The molecule has 4 aliphatic rings. The Balaban J connectivity index is 1.64. The Morgan fingerprint density at radius 1 is 1.14 bits per heavy atom. The zero-order valence-electron chi connectivity index (χ0n) is 20.0. The maximum atomic E-state index is 14.8. The van der Waals surface area contributed by atoms with E-state index in [1.165, 1.54) is 12.1 Å². The summed E-state index contributed by atoms with van der Waals surface area (Å²) in [6, 6.07) is 5.27. The number of hydrogen-bond donors (Lipinski definition) is 2. The third-order valence-corrected chi connectivity index (χ3v) is 6.94. The fraction of sp³-hybridized carbons (Fsp3) is 0.480. The van der Waals surface area contributed by atoms with Crippen LogP contribution in [0.1, 0.15) is 56.1 Å². The number of nitrogens with zero attached hydrogens (tertiary/aromatic N) is 5. The highest BCUT2D eigenvalue weighted by Gasteiger charge is 2.31. The molecule has 1 aromatic rings. The number of halogens is 3. The lowest BCUT2D eigenvalue weighted by atomic mass is 9.93. The SMILES string of the molecule is Cc1nc2n3c(c(N4CCC(C)(O)CC4)cc-2c(=NC(C)c2cccc(C(F)F)c2F)n1)NCC3. The number of nitrogens with one attached hydrogen (secondary N) is 1. The van der Waals surface area contributed by atoms with E-state index in [4.69, 9.17) is 0 Å². The van der Waals surface area contributed by atoms with Crippen LogP contribution in [0.5, 0.6) is 0 Å². The van der Waals surface area contributed by atoms with Crippen molar-refractivity contribution in [1.29, 1.82) is 0 Å². The number of benzene rings is 1. The number of fused-ring (bicyclic) bond motifs is 3. The first-order chi connectivity index (χ1) is 16.6. The number of rotatable bonds is 4. The molecule has 186 valence electrons. The molecule has 1 saturated heterocycles. The van der Waals surface area contributed by atoms with Crippen molar-refractivity contribution in [1.82, 2.24) is 14.5 Å². The normalized spacial score (nSPS) is 18.7. The number of piperidine rings is 1. The van der Waals surface area contributed by atoms with Crippen molar-refractivity contribution in [3.63, 3.8) is 0 Å². The second-order valence-corrected chi connectivity index (χ2v) is 9.63. The molecule has 0 saturated carbocycles. The van der Waals surface area contributed by atoms with Gasteiger partial charge in [0.05, 0.1) is 28.5 Å². The van der Waals surface area contributed by atoms with E-state index in [0.29, 0.717) is 42.8 Å². The fourth-order valence-corrected chi connectivity index (χ4v) is 4.91. The summed E-state index contributed by atoms with van der Waals surface area (Å²) < 4.78 is 43.4. The van der Waals surface area contributed by atoms with Gasteiger partial charge in [-0.2, -0.15) is 0 Å². The van der Waals surface area contributed by atoms with Crippen LogP contribution in [-0.2, 0) is 6.54 Å². The third kappa shape index (κ3) is 4.35. The molecule has 5 rings (SSSR count). The van der Waals surface area contributed by atoms with E-state index in [1.807, 2.05) is 13.0 Å². The molecule has 2 N–H and O–H groups in total. The van der Waals surface area contributed by atoms with Crippen LogP contribution < -0.4 is 15.7 Å². The minimum absolute atomic E-state index is 0.0983.